The fourth-order valence-electron chi connectivity index (χ4n) is 4.68. The Bertz CT molecular complexity index is 1570. The number of rotatable bonds is 10. The van der Waals surface area contributed by atoms with Gasteiger partial charge in [-0.05, 0) is 48.7 Å². The molecule has 1 aromatic heterocycles. The zero-order valence-electron chi connectivity index (χ0n) is 23.3. The second-order valence-electron chi connectivity index (χ2n) is 9.85. The van der Waals surface area contributed by atoms with E-state index in [-0.39, 0.29) is 48.3 Å². The van der Waals surface area contributed by atoms with Gasteiger partial charge in [0.2, 0.25) is 15.9 Å². The number of benzene rings is 2. The van der Waals surface area contributed by atoms with Gasteiger partial charge in [0.1, 0.15) is 17.6 Å². The number of nitrogens with one attached hydrogen (secondary N) is 1. The minimum atomic E-state index is -4.94. The van der Waals surface area contributed by atoms with Crippen molar-refractivity contribution in [1.29, 1.82) is 0 Å². The number of aromatic nitrogens is 2. The van der Waals surface area contributed by atoms with Crippen LogP contribution in [0.1, 0.15) is 40.7 Å². The van der Waals surface area contributed by atoms with Crippen LogP contribution in [0.2, 0.25) is 0 Å². The molecule has 0 radical (unpaired) electrons. The number of ether oxygens (including phenoxy) is 1. The Labute approximate surface area is 246 Å². The molecule has 11 nitrogen and oxygen atoms in total. The smallest absolute Gasteiger partial charge is 0.476 e. The third kappa shape index (κ3) is 7.78. The maximum atomic E-state index is 13.7. The number of carboxylic acids is 1. The molecule has 1 aliphatic heterocycles. The van der Waals surface area contributed by atoms with Crippen molar-refractivity contribution in [2.45, 2.75) is 50.5 Å². The number of halogens is 3. The molecule has 1 amide bonds. The quantitative estimate of drug-likeness (QED) is 0.348. The first-order valence-electron chi connectivity index (χ1n) is 13.3. The molecule has 1 atom stereocenters. The molecule has 230 valence electrons. The molecule has 1 fully saturated rings. The molecular formula is C28H30F3N5O6S. The van der Waals surface area contributed by atoms with Gasteiger partial charge in [-0.15, -0.1) is 13.2 Å². The minimum absolute atomic E-state index is 0.0811. The predicted molar refractivity (Wildman–Crippen MR) is 149 cm³/mol. The first-order chi connectivity index (χ1) is 20.3. The zero-order chi connectivity index (χ0) is 31.4. The molecule has 2 aromatic carbocycles. The highest BCUT2D eigenvalue weighted by Crippen LogP contribution is 2.28. The average Bonchev–Trinajstić information content (AvgIpc) is 2.95. The largest absolute Gasteiger partial charge is 0.573 e. The van der Waals surface area contributed by atoms with Crippen molar-refractivity contribution in [2.24, 2.45) is 0 Å². The minimum Gasteiger partial charge on any atom is -0.476 e. The Morgan fingerprint density at radius 2 is 1.72 bits per heavy atom. The summed E-state index contributed by atoms with van der Waals surface area (Å²) in [6, 6.07) is 10.1. The summed E-state index contributed by atoms with van der Waals surface area (Å²) in [6.45, 7) is 3.44. The highest BCUT2D eigenvalue weighted by atomic mass is 32.2. The summed E-state index contributed by atoms with van der Waals surface area (Å²) in [5.74, 6) is -2.18. The van der Waals surface area contributed by atoms with Crippen LogP contribution in [0, 0.1) is 6.92 Å². The van der Waals surface area contributed by atoms with Gasteiger partial charge in [0.15, 0.2) is 5.69 Å². The standard InChI is InChI=1S/C28H30F3N5O6S/c1-3-4-19-5-7-20(8-6-19)15-33-26(37)23-17-35(24-16-32-25(27(38)39)18(2)34-24)13-14-36(23)43(40,41)22-11-9-21(10-12-22)42-28(29,30)31/h5-12,16,23H,3-4,13-15,17H2,1-2H3,(H,33,37)(H,38,39)/t23-/m1/s1. The summed E-state index contributed by atoms with van der Waals surface area (Å²) in [6.07, 6.45) is -1.80. The highest BCUT2D eigenvalue weighted by Gasteiger charge is 2.41. The van der Waals surface area contributed by atoms with E-state index in [9.17, 15) is 36.3 Å². The van der Waals surface area contributed by atoms with E-state index in [1.165, 1.54) is 13.1 Å². The van der Waals surface area contributed by atoms with E-state index < -0.39 is 40.1 Å². The maximum Gasteiger partial charge on any atom is 0.573 e. The fraction of sp³-hybridized carbons (Fsp3) is 0.357. The van der Waals surface area contributed by atoms with E-state index in [1.54, 1.807) is 4.90 Å². The lowest BCUT2D eigenvalue weighted by Crippen LogP contribution is -2.60. The lowest BCUT2D eigenvalue weighted by atomic mass is 10.1. The molecule has 0 unspecified atom stereocenters. The number of hydrogen-bond acceptors (Lipinski definition) is 8. The van der Waals surface area contributed by atoms with Gasteiger partial charge in [0.05, 0.1) is 16.8 Å². The van der Waals surface area contributed by atoms with Crippen LogP contribution in [0.3, 0.4) is 0 Å². The normalized spacial score (nSPS) is 16.1. The summed E-state index contributed by atoms with van der Waals surface area (Å²) < 4.78 is 69.9. The van der Waals surface area contributed by atoms with E-state index in [2.05, 4.69) is 26.9 Å². The van der Waals surface area contributed by atoms with Gasteiger partial charge in [-0.1, -0.05) is 37.6 Å². The predicted octanol–water partition coefficient (Wildman–Crippen LogP) is 3.53. The van der Waals surface area contributed by atoms with Crippen LogP contribution in [0.4, 0.5) is 19.0 Å². The second kappa shape index (κ2) is 13.0. The van der Waals surface area contributed by atoms with E-state index in [4.69, 9.17) is 0 Å². The van der Waals surface area contributed by atoms with Crippen molar-refractivity contribution in [2.75, 3.05) is 24.5 Å². The molecule has 0 bridgehead atoms. The van der Waals surface area contributed by atoms with Crippen molar-refractivity contribution >= 4 is 27.7 Å². The van der Waals surface area contributed by atoms with E-state index in [1.807, 2.05) is 24.3 Å². The Hall–Kier alpha value is -4.24. The molecule has 2 heterocycles. The number of hydrogen-bond donors (Lipinski definition) is 2. The van der Waals surface area contributed by atoms with Crippen LogP contribution in [0.25, 0.3) is 0 Å². The summed E-state index contributed by atoms with van der Waals surface area (Å²) in [7, 11) is -4.35. The average molecular weight is 622 g/mol. The fourth-order valence-corrected chi connectivity index (χ4v) is 6.25. The van der Waals surface area contributed by atoms with Crippen LogP contribution in [0.15, 0.2) is 59.6 Å². The molecule has 1 saturated heterocycles. The van der Waals surface area contributed by atoms with Gasteiger partial charge in [0, 0.05) is 26.2 Å². The van der Waals surface area contributed by atoms with Gasteiger partial charge in [-0.2, -0.15) is 4.31 Å². The third-order valence-corrected chi connectivity index (χ3v) is 8.71. The molecular weight excluding hydrogens is 591 g/mol. The number of carbonyl (C=O) groups is 2. The van der Waals surface area contributed by atoms with Crippen LogP contribution in [-0.4, -0.2) is 71.7 Å². The molecule has 2 N–H and O–H groups in total. The van der Waals surface area contributed by atoms with Crippen molar-refractivity contribution in [3.8, 4) is 5.75 Å². The molecule has 15 heteroatoms. The Morgan fingerprint density at radius 1 is 1.07 bits per heavy atom. The van der Waals surface area contributed by atoms with Crippen LogP contribution in [0.5, 0.6) is 5.75 Å². The van der Waals surface area contributed by atoms with E-state index >= 15 is 0 Å². The first kappa shape index (κ1) is 31.7. The number of nitrogens with zero attached hydrogens (tertiary/aromatic N) is 4. The van der Waals surface area contributed by atoms with Crippen LogP contribution in [-0.2, 0) is 27.8 Å². The molecule has 3 aromatic rings. The number of anilines is 1. The molecule has 0 aliphatic carbocycles. The first-order valence-corrected chi connectivity index (χ1v) is 14.8. The topological polar surface area (TPSA) is 142 Å². The summed E-state index contributed by atoms with van der Waals surface area (Å²) in [4.78, 5) is 34.4. The second-order valence-corrected chi connectivity index (χ2v) is 11.7. The van der Waals surface area contributed by atoms with Crippen molar-refractivity contribution in [1.82, 2.24) is 19.6 Å². The Morgan fingerprint density at radius 3 is 2.30 bits per heavy atom. The van der Waals surface area contributed by atoms with Gasteiger partial charge in [0.25, 0.3) is 0 Å². The third-order valence-electron chi connectivity index (χ3n) is 6.79. The molecule has 4 rings (SSSR count). The van der Waals surface area contributed by atoms with Crippen LogP contribution >= 0.6 is 0 Å². The number of carbonyl (C=O) groups excluding carboxylic acids is 1. The number of sulfonamides is 1. The Balaban J connectivity index is 1.59. The summed E-state index contributed by atoms with van der Waals surface area (Å²) in [5, 5.41) is 12.1. The summed E-state index contributed by atoms with van der Waals surface area (Å²) >= 11 is 0. The monoisotopic (exact) mass is 621 g/mol. The van der Waals surface area contributed by atoms with Crippen molar-refractivity contribution in [3.05, 3.63) is 77.2 Å². The lowest BCUT2D eigenvalue weighted by Gasteiger charge is -2.40. The van der Waals surface area contributed by atoms with Crippen LogP contribution < -0.4 is 15.0 Å². The van der Waals surface area contributed by atoms with Gasteiger partial charge in [-0.25, -0.2) is 23.2 Å². The number of carboxylic acid groups (broad SMARTS) is 1. The van der Waals surface area contributed by atoms with Gasteiger partial charge >= 0.3 is 12.3 Å². The number of aromatic carboxylic acids is 1. The van der Waals surface area contributed by atoms with Crippen molar-refractivity contribution in [3.63, 3.8) is 0 Å². The Kier molecular flexibility index (Phi) is 9.55. The van der Waals surface area contributed by atoms with Gasteiger partial charge in [-0.3, -0.25) is 4.79 Å². The van der Waals surface area contributed by atoms with Gasteiger partial charge < -0.3 is 20.1 Å². The number of aryl methyl sites for hydroxylation is 2. The number of alkyl halides is 3. The van der Waals surface area contributed by atoms with Crippen molar-refractivity contribution < 1.29 is 41.0 Å². The van der Waals surface area contributed by atoms with E-state index in [0.29, 0.717) is 0 Å². The highest BCUT2D eigenvalue weighted by molar-refractivity contribution is 7.89. The molecule has 0 spiro atoms. The molecule has 1 aliphatic rings. The lowest BCUT2D eigenvalue weighted by molar-refractivity contribution is -0.274. The summed E-state index contributed by atoms with van der Waals surface area (Å²) in [5.41, 5.74) is 1.87. The zero-order valence-corrected chi connectivity index (χ0v) is 24.2. The number of piperazine rings is 1. The maximum absolute atomic E-state index is 13.7. The molecule has 0 saturated carbocycles. The molecule has 43 heavy (non-hydrogen) atoms. The SMILES string of the molecule is CCCc1ccc(CNC(=O)[C@H]2CN(c3cnc(C(=O)O)c(C)n3)CCN2S(=O)(=O)c2ccc(OC(F)(F)F)cc2)cc1. The van der Waals surface area contributed by atoms with E-state index in [0.717, 1.165) is 52.5 Å². The number of amides is 1.